The summed E-state index contributed by atoms with van der Waals surface area (Å²) in [5.41, 5.74) is 3.96. The van der Waals surface area contributed by atoms with Gasteiger partial charge < -0.3 is 5.32 Å². The lowest BCUT2D eigenvalue weighted by Gasteiger charge is -2.31. The van der Waals surface area contributed by atoms with Crippen LogP contribution in [0.25, 0.3) is 0 Å². The molecular weight excluding hydrogens is 404 g/mol. The number of fused-ring (bicyclic) bond motifs is 1. The normalized spacial score (nSPS) is 21.3. The molecule has 1 amide bonds. The Morgan fingerprint density at radius 1 is 1.17 bits per heavy atom. The number of rotatable bonds is 5. The first-order valence-electron chi connectivity index (χ1n) is 10.4. The third-order valence-corrected chi connectivity index (χ3v) is 9.31. The van der Waals surface area contributed by atoms with E-state index in [1.165, 1.54) is 39.6 Å². The summed E-state index contributed by atoms with van der Waals surface area (Å²) in [5, 5.41) is 4.89. The van der Waals surface area contributed by atoms with Crippen LogP contribution in [-0.2, 0) is 27.7 Å². The number of sulfonamides is 1. The molecule has 7 heteroatoms. The van der Waals surface area contributed by atoms with Crippen LogP contribution >= 0.6 is 11.3 Å². The van der Waals surface area contributed by atoms with E-state index in [1.54, 1.807) is 17.5 Å². The van der Waals surface area contributed by atoms with Crippen LogP contribution in [0.15, 0.2) is 39.9 Å². The minimum atomic E-state index is -3.50. The number of nitrogens with zero attached hydrogens (tertiary/aromatic N) is 1. The molecule has 156 valence electrons. The first kappa shape index (κ1) is 20.6. The van der Waals surface area contributed by atoms with Crippen LogP contribution in [-0.4, -0.2) is 31.7 Å². The number of nitrogens with one attached hydrogen (secondary N) is 1. The van der Waals surface area contributed by atoms with Gasteiger partial charge in [0.15, 0.2) is 0 Å². The van der Waals surface area contributed by atoms with Crippen molar-refractivity contribution in [2.75, 3.05) is 13.1 Å². The molecule has 2 atom stereocenters. The Morgan fingerprint density at radius 3 is 2.72 bits per heavy atom. The second-order valence-electron chi connectivity index (χ2n) is 8.10. The van der Waals surface area contributed by atoms with E-state index in [9.17, 15) is 13.2 Å². The number of carbonyl (C=O) groups is 1. The number of hydrogen-bond acceptors (Lipinski definition) is 4. The summed E-state index contributed by atoms with van der Waals surface area (Å²) in [7, 11) is -3.50. The maximum Gasteiger partial charge on any atom is 0.252 e. The molecule has 1 aromatic carbocycles. The van der Waals surface area contributed by atoms with Crippen LogP contribution in [0.4, 0.5) is 0 Å². The van der Waals surface area contributed by atoms with Gasteiger partial charge in [-0.1, -0.05) is 24.3 Å². The summed E-state index contributed by atoms with van der Waals surface area (Å²) in [4.78, 5) is 12.9. The molecule has 0 saturated carbocycles. The van der Waals surface area contributed by atoms with Gasteiger partial charge in [0.25, 0.3) is 10.0 Å². The zero-order valence-electron chi connectivity index (χ0n) is 16.8. The zero-order chi connectivity index (χ0) is 20.4. The molecule has 0 spiro atoms. The fourth-order valence-corrected chi connectivity index (χ4v) is 7.02. The Morgan fingerprint density at radius 2 is 1.97 bits per heavy atom. The topological polar surface area (TPSA) is 66.5 Å². The Balaban J connectivity index is 1.41. The second-order valence-corrected chi connectivity index (χ2v) is 11.2. The smallest absolute Gasteiger partial charge is 0.252 e. The van der Waals surface area contributed by atoms with Crippen LogP contribution in [0.5, 0.6) is 0 Å². The number of hydrogen-bond donors (Lipinski definition) is 1. The van der Waals surface area contributed by atoms with Gasteiger partial charge in [-0.2, -0.15) is 4.31 Å². The molecule has 5 nitrogen and oxygen atoms in total. The summed E-state index contributed by atoms with van der Waals surface area (Å²) in [6.07, 6.45) is 6.17. The van der Waals surface area contributed by atoms with Crippen molar-refractivity contribution < 1.29 is 13.2 Å². The molecule has 29 heavy (non-hydrogen) atoms. The number of thiophene rings is 1. The number of benzene rings is 1. The number of aryl methyl sites for hydroxylation is 2. The quantitative estimate of drug-likeness (QED) is 0.779. The Bertz CT molecular complexity index is 970. The fourth-order valence-electron chi connectivity index (χ4n) is 4.35. The Kier molecular flexibility index (Phi) is 6.08. The van der Waals surface area contributed by atoms with Gasteiger partial charge in [0.1, 0.15) is 4.21 Å². The summed E-state index contributed by atoms with van der Waals surface area (Å²) in [6.45, 7) is 2.73. The summed E-state index contributed by atoms with van der Waals surface area (Å²) >= 11 is 1.22. The van der Waals surface area contributed by atoms with E-state index in [1.807, 2.05) is 6.92 Å². The summed E-state index contributed by atoms with van der Waals surface area (Å²) in [5.74, 6) is -0.361. The van der Waals surface area contributed by atoms with Crippen molar-refractivity contribution in [3.63, 3.8) is 0 Å². The zero-order valence-corrected chi connectivity index (χ0v) is 18.4. The molecule has 1 aromatic heterocycles. The lowest BCUT2D eigenvalue weighted by atomic mass is 9.89. The predicted octanol–water partition coefficient (Wildman–Crippen LogP) is 3.91. The van der Waals surface area contributed by atoms with E-state index in [2.05, 4.69) is 23.5 Å². The van der Waals surface area contributed by atoms with Gasteiger partial charge in [0.05, 0.1) is 12.0 Å². The lowest BCUT2D eigenvalue weighted by molar-refractivity contribution is -0.126. The minimum Gasteiger partial charge on any atom is -0.349 e. The van der Waals surface area contributed by atoms with E-state index in [-0.39, 0.29) is 24.4 Å². The molecule has 1 aliphatic heterocycles. The highest BCUT2D eigenvalue weighted by Gasteiger charge is 2.34. The molecule has 0 bridgehead atoms. The predicted molar refractivity (Wildman–Crippen MR) is 115 cm³/mol. The minimum absolute atomic E-state index is 0.0544. The van der Waals surface area contributed by atoms with E-state index in [4.69, 9.17) is 0 Å². The van der Waals surface area contributed by atoms with Gasteiger partial charge in [0.2, 0.25) is 5.91 Å². The van der Waals surface area contributed by atoms with Crippen LogP contribution in [0.3, 0.4) is 0 Å². The largest absolute Gasteiger partial charge is 0.349 e. The van der Waals surface area contributed by atoms with Crippen LogP contribution in [0, 0.1) is 5.92 Å². The van der Waals surface area contributed by atoms with E-state index < -0.39 is 10.0 Å². The van der Waals surface area contributed by atoms with Crippen molar-refractivity contribution >= 4 is 27.3 Å². The Hall–Kier alpha value is -1.70. The van der Waals surface area contributed by atoms with E-state index >= 15 is 0 Å². The van der Waals surface area contributed by atoms with Crippen molar-refractivity contribution in [1.82, 2.24) is 9.62 Å². The van der Waals surface area contributed by atoms with Gasteiger partial charge >= 0.3 is 0 Å². The number of amides is 1. The molecule has 2 heterocycles. The Labute approximate surface area is 177 Å². The SMILES string of the molecule is C[C@@H](NC(=O)[C@H]1CCCN(S(=O)(=O)c2cccs2)C1)c1ccc2c(c1)CCCC2. The monoisotopic (exact) mass is 432 g/mol. The number of carbonyl (C=O) groups excluding carboxylic acids is 1. The molecule has 2 aliphatic rings. The van der Waals surface area contributed by atoms with Crippen molar-refractivity contribution in [3.05, 3.63) is 52.4 Å². The molecule has 1 aliphatic carbocycles. The second kappa shape index (κ2) is 8.58. The van der Waals surface area contributed by atoms with Crippen molar-refractivity contribution in [2.24, 2.45) is 5.92 Å². The molecule has 0 unspecified atom stereocenters. The number of piperidine rings is 1. The molecule has 0 radical (unpaired) electrons. The summed E-state index contributed by atoms with van der Waals surface area (Å²) in [6, 6.07) is 9.83. The molecule has 2 aromatic rings. The van der Waals surface area contributed by atoms with Crippen molar-refractivity contribution in [2.45, 2.75) is 55.7 Å². The van der Waals surface area contributed by atoms with E-state index in [0.717, 1.165) is 24.8 Å². The van der Waals surface area contributed by atoms with Crippen LogP contribution in [0.2, 0.25) is 0 Å². The first-order valence-corrected chi connectivity index (χ1v) is 12.7. The van der Waals surface area contributed by atoms with E-state index in [0.29, 0.717) is 17.2 Å². The fraction of sp³-hybridized carbons (Fsp3) is 0.500. The van der Waals surface area contributed by atoms with Gasteiger partial charge in [-0.05, 0) is 73.6 Å². The standard InChI is InChI=1S/C22H28N2O3S2/c1-16(18-11-10-17-6-2-3-7-19(17)14-18)23-22(25)20-8-4-12-24(15-20)29(26,27)21-9-5-13-28-21/h5,9-11,13-14,16,20H,2-4,6-8,12,15H2,1H3,(H,23,25)/t16-,20+/m1/s1. The maximum atomic E-state index is 12.9. The third-order valence-electron chi connectivity index (χ3n) is 6.08. The van der Waals surface area contributed by atoms with Crippen molar-refractivity contribution in [3.8, 4) is 0 Å². The average Bonchev–Trinajstić information content (AvgIpc) is 3.29. The van der Waals surface area contributed by atoms with Gasteiger partial charge in [-0.25, -0.2) is 8.42 Å². The molecular formula is C22H28N2O3S2. The maximum absolute atomic E-state index is 12.9. The highest BCUT2D eigenvalue weighted by atomic mass is 32.2. The highest BCUT2D eigenvalue weighted by Crippen LogP contribution is 2.28. The highest BCUT2D eigenvalue weighted by molar-refractivity contribution is 7.91. The first-order chi connectivity index (χ1) is 13.9. The van der Waals surface area contributed by atoms with Gasteiger partial charge in [-0.3, -0.25) is 4.79 Å². The molecule has 1 fully saturated rings. The lowest BCUT2D eigenvalue weighted by Crippen LogP contribution is -2.45. The van der Waals surface area contributed by atoms with Crippen LogP contribution < -0.4 is 5.32 Å². The van der Waals surface area contributed by atoms with Crippen LogP contribution in [0.1, 0.15) is 55.3 Å². The third kappa shape index (κ3) is 4.42. The van der Waals surface area contributed by atoms with Gasteiger partial charge in [-0.15, -0.1) is 11.3 Å². The molecule has 4 rings (SSSR count). The summed E-state index contributed by atoms with van der Waals surface area (Å²) < 4.78 is 27.4. The van der Waals surface area contributed by atoms with Gasteiger partial charge in [0, 0.05) is 13.1 Å². The molecule has 1 saturated heterocycles. The van der Waals surface area contributed by atoms with Crippen molar-refractivity contribution in [1.29, 1.82) is 0 Å². The molecule has 1 N–H and O–H groups in total. The average molecular weight is 433 g/mol.